The molecule has 0 heterocycles. The number of hydrogen-bond donors (Lipinski definition) is 2. The molecule has 0 bridgehead atoms. The molecule has 0 aliphatic rings. The van der Waals surface area contributed by atoms with Gasteiger partial charge in [0, 0.05) is 0 Å². The lowest BCUT2D eigenvalue weighted by Gasteiger charge is -2.09. The minimum atomic E-state index is 0.231. The van der Waals surface area contributed by atoms with Gasteiger partial charge in [-0.25, -0.2) is 0 Å². The van der Waals surface area contributed by atoms with Crippen LogP contribution in [0.5, 0.6) is 5.75 Å². The molecule has 3 nitrogen and oxygen atoms in total. The Hall–Kier alpha value is -0.810. The summed E-state index contributed by atoms with van der Waals surface area (Å²) in [6.07, 6.45) is 0. The van der Waals surface area contributed by atoms with E-state index in [1.165, 1.54) is 0 Å². The Morgan fingerprint density at radius 1 is 1.62 bits per heavy atom. The number of nitrogens with two attached hydrogens (primary N) is 1. The molecule has 3 N–H and O–H groups in total. The molecule has 0 amide bonds. The molecule has 0 aromatic heterocycles. The highest BCUT2D eigenvalue weighted by atomic mass is 79.9. The summed E-state index contributed by atoms with van der Waals surface area (Å²) in [5.74, 6) is 0.737. The topological polar surface area (TPSA) is 47.3 Å². The van der Waals surface area contributed by atoms with Gasteiger partial charge in [0.25, 0.3) is 0 Å². The van der Waals surface area contributed by atoms with E-state index in [1.54, 1.807) is 7.11 Å². The highest BCUT2D eigenvalue weighted by Crippen LogP contribution is 2.31. The molecule has 0 radical (unpaired) electrons. The maximum absolute atomic E-state index is 5.34. The van der Waals surface area contributed by atoms with Gasteiger partial charge in [0.05, 0.1) is 17.3 Å². The van der Waals surface area contributed by atoms with Gasteiger partial charge in [-0.2, -0.15) is 0 Å². The number of rotatable bonds is 2. The van der Waals surface area contributed by atoms with Gasteiger partial charge in [0.15, 0.2) is 5.11 Å². The first-order chi connectivity index (χ1) is 6.15. The molecule has 0 aliphatic carbocycles. The molecule has 70 valence electrons. The number of hydrogen-bond acceptors (Lipinski definition) is 2. The van der Waals surface area contributed by atoms with Crippen LogP contribution in [0.25, 0.3) is 0 Å². The minimum absolute atomic E-state index is 0.231. The number of benzene rings is 1. The van der Waals surface area contributed by atoms with Gasteiger partial charge in [0.1, 0.15) is 5.75 Å². The predicted molar refractivity (Wildman–Crippen MR) is 61.1 cm³/mol. The second-order valence-corrected chi connectivity index (χ2v) is 3.54. The van der Waals surface area contributed by atoms with Gasteiger partial charge in [-0.15, -0.1) is 0 Å². The van der Waals surface area contributed by atoms with Crippen molar-refractivity contribution in [1.82, 2.24) is 0 Å². The molecule has 1 rings (SSSR count). The van der Waals surface area contributed by atoms with Crippen molar-refractivity contribution in [2.75, 3.05) is 12.4 Å². The second-order valence-electron chi connectivity index (χ2n) is 2.31. The van der Waals surface area contributed by atoms with Crippen LogP contribution in [0.2, 0.25) is 0 Å². The SMILES string of the molecule is COc1cccc(NC(N)=S)c1Br. The molecule has 0 saturated carbocycles. The van der Waals surface area contributed by atoms with Gasteiger partial charge in [-0.3, -0.25) is 0 Å². The van der Waals surface area contributed by atoms with E-state index in [4.69, 9.17) is 22.7 Å². The third-order valence-corrected chi connectivity index (χ3v) is 2.36. The van der Waals surface area contributed by atoms with Crippen LogP contribution >= 0.6 is 28.1 Å². The first-order valence-corrected chi connectivity index (χ1v) is 4.74. The zero-order valence-electron chi connectivity index (χ0n) is 7.00. The first kappa shape index (κ1) is 10.3. The van der Waals surface area contributed by atoms with E-state index in [2.05, 4.69) is 21.2 Å². The van der Waals surface area contributed by atoms with Crippen molar-refractivity contribution in [3.05, 3.63) is 22.7 Å². The van der Waals surface area contributed by atoms with Crippen LogP contribution in [0.4, 0.5) is 5.69 Å². The zero-order valence-corrected chi connectivity index (χ0v) is 9.41. The van der Waals surface area contributed by atoms with Gasteiger partial charge in [-0.05, 0) is 40.3 Å². The molecule has 0 saturated heterocycles. The van der Waals surface area contributed by atoms with Gasteiger partial charge >= 0.3 is 0 Å². The van der Waals surface area contributed by atoms with E-state index in [1.807, 2.05) is 18.2 Å². The highest BCUT2D eigenvalue weighted by Gasteiger charge is 2.05. The van der Waals surface area contributed by atoms with Crippen molar-refractivity contribution in [3.63, 3.8) is 0 Å². The van der Waals surface area contributed by atoms with Crippen LogP contribution < -0.4 is 15.8 Å². The van der Waals surface area contributed by atoms with Gasteiger partial charge < -0.3 is 15.8 Å². The minimum Gasteiger partial charge on any atom is -0.495 e. The van der Waals surface area contributed by atoms with Gasteiger partial charge in [0.2, 0.25) is 0 Å². The number of anilines is 1. The summed E-state index contributed by atoms with van der Waals surface area (Å²) in [4.78, 5) is 0. The monoisotopic (exact) mass is 260 g/mol. The van der Waals surface area contributed by atoms with E-state index in [0.717, 1.165) is 15.9 Å². The maximum atomic E-state index is 5.34. The Kier molecular flexibility index (Phi) is 3.50. The fourth-order valence-corrected chi connectivity index (χ4v) is 1.53. The van der Waals surface area contributed by atoms with E-state index in [0.29, 0.717) is 0 Å². The third-order valence-electron chi connectivity index (χ3n) is 1.44. The van der Waals surface area contributed by atoms with Crippen molar-refractivity contribution < 1.29 is 4.74 Å². The Morgan fingerprint density at radius 3 is 2.85 bits per heavy atom. The molecule has 1 aromatic carbocycles. The number of methoxy groups -OCH3 is 1. The van der Waals surface area contributed by atoms with Crippen LogP contribution in [-0.4, -0.2) is 12.2 Å². The molecule has 0 aliphatic heterocycles. The number of thiocarbonyl (C=S) groups is 1. The zero-order chi connectivity index (χ0) is 9.84. The Morgan fingerprint density at radius 2 is 2.31 bits per heavy atom. The highest BCUT2D eigenvalue weighted by molar-refractivity contribution is 9.10. The molecular weight excluding hydrogens is 252 g/mol. The summed E-state index contributed by atoms with van der Waals surface area (Å²) < 4.78 is 5.91. The number of halogens is 1. The van der Waals surface area contributed by atoms with Crippen LogP contribution in [0.15, 0.2) is 22.7 Å². The molecule has 0 spiro atoms. The third kappa shape index (κ3) is 2.57. The average molecular weight is 261 g/mol. The fourth-order valence-electron chi connectivity index (χ4n) is 0.898. The summed E-state index contributed by atoms with van der Waals surface area (Å²) in [5, 5.41) is 3.06. The fraction of sp³-hybridized carbons (Fsp3) is 0.125. The van der Waals surface area contributed by atoms with E-state index >= 15 is 0 Å². The Labute approximate surface area is 90.4 Å². The molecular formula is C8H9BrN2OS. The Balaban J connectivity index is 3.01. The normalized spacial score (nSPS) is 9.38. The van der Waals surface area contributed by atoms with E-state index in [-0.39, 0.29) is 5.11 Å². The summed E-state index contributed by atoms with van der Waals surface area (Å²) in [6.45, 7) is 0. The maximum Gasteiger partial charge on any atom is 0.168 e. The van der Waals surface area contributed by atoms with Crippen molar-refractivity contribution in [3.8, 4) is 5.75 Å². The van der Waals surface area contributed by atoms with Gasteiger partial charge in [-0.1, -0.05) is 6.07 Å². The lowest BCUT2D eigenvalue weighted by Crippen LogP contribution is -2.19. The van der Waals surface area contributed by atoms with Crippen molar-refractivity contribution in [2.45, 2.75) is 0 Å². The summed E-state index contributed by atoms with van der Waals surface area (Å²) in [5.41, 5.74) is 6.14. The van der Waals surface area contributed by atoms with Crippen molar-refractivity contribution in [2.24, 2.45) is 5.73 Å². The molecule has 0 fully saturated rings. The van der Waals surface area contributed by atoms with Crippen LogP contribution in [0, 0.1) is 0 Å². The van der Waals surface area contributed by atoms with E-state index < -0.39 is 0 Å². The predicted octanol–water partition coefficient (Wildman–Crippen LogP) is 2.11. The van der Waals surface area contributed by atoms with Crippen LogP contribution in [0.1, 0.15) is 0 Å². The summed E-state index contributed by atoms with van der Waals surface area (Å²) in [7, 11) is 1.60. The molecule has 5 heteroatoms. The lowest BCUT2D eigenvalue weighted by molar-refractivity contribution is 0.412. The van der Waals surface area contributed by atoms with Crippen LogP contribution in [-0.2, 0) is 0 Å². The average Bonchev–Trinajstić information content (AvgIpc) is 2.08. The quantitative estimate of drug-likeness (QED) is 0.800. The molecule has 13 heavy (non-hydrogen) atoms. The number of nitrogens with one attached hydrogen (secondary N) is 1. The van der Waals surface area contributed by atoms with Crippen molar-refractivity contribution in [1.29, 1.82) is 0 Å². The van der Waals surface area contributed by atoms with Crippen molar-refractivity contribution >= 4 is 38.9 Å². The van der Waals surface area contributed by atoms with E-state index in [9.17, 15) is 0 Å². The lowest BCUT2D eigenvalue weighted by atomic mass is 10.3. The molecule has 0 atom stereocenters. The number of ether oxygens (including phenoxy) is 1. The van der Waals surface area contributed by atoms with Crippen LogP contribution in [0.3, 0.4) is 0 Å². The first-order valence-electron chi connectivity index (χ1n) is 3.54. The standard InChI is InChI=1S/C8H9BrN2OS/c1-12-6-4-2-3-5(7(6)9)11-8(10)13/h2-4H,1H3,(H3,10,11,13). The smallest absolute Gasteiger partial charge is 0.168 e. The summed E-state index contributed by atoms with van der Waals surface area (Å²) >= 11 is 8.09. The second kappa shape index (κ2) is 4.43. The summed E-state index contributed by atoms with van der Waals surface area (Å²) in [6, 6.07) is 5.55. The molecule has 1 aromatic rings. The Bertz CT molecular complexity index is 330. The largest absolute Gasteiger partial charge is 0.495 e. The molecule has 0 unspecified atom stereocenters.